The Labute approximate surface area is 112 Å². The Kier molecular flexibility index (Phi) is 9.38. The van der Waals surface area contributed by atoms with Crippen molar-refractivity contribution in [3.05, 3.63) is 11.4 Å². The van der Waals surface area contributed by atoms with Crippen LogP contribution < -0.4 is 5.32 Å². The Morgan fingerprint density at radius 2 is 2.06 bits per heavy atom. The minimum absolute atomic E-state index is 0.351. The maximum Gasteiger partial charge on any atom is 0.106 e. The molecule has 0 bridgehead atoms. The summed E-state index contributed by atoms with van der Waals surface area (Å²) >= 11 is 0. The van der Waals surface area contributed by atoms with Crippen LogP contribution in [0.5, 0.6) is 0 Å². The maximum absolute atomic E-state index is 5.52. The van der Waals surface area contributed by atoms with Crippen molar-refractivity contribution < 1.29 is 4.74 Å². The minimum atomic E-state index is 0.351. The van der Waals surface area contributed by atoms with Gasteiger partial charge in [-0.2, -0.15) is 0 Å². The van der Waals surface area contributed by atoms with E-state index in [0.29, 0.717) is 6.04 Å². The molecule has 0 aliphatic rings. The predicted molar refractivity (Wildman–Crippen MR) is 78.9 cm³/mol. The molecule has 0 aromatic rings. The van der Waals surface area contributed by atoms with E-state index >= 15 is 0 Å². The number of nitrogens with zero attached hydrogens (tertiary/aromatic N) is 2. The SMILES string of the molecule is CCOC[C@H](C)N(CC)/C(NC=NC)=C(\C)CC. The molecule has 0 amide bonds. The van der Waals surface area contributed by atoms with E-state index in [2.05, 4.69) is 42.9 Å². The molecule has 0 aromatic carbocycles. The molecule has 0 unspecified atom stereocenters. The van der Waals surface area contributed by atoms with Gasteiger partial charge in [-0.05, 0) is 39.7 Å². The first-order chi connectivity index (χ1) is 8.62. The average Bonchev–Trinajstić information content (AvgIpc) is 2.39. The van der Waals surface area contributed by atoms with E-state index in [0.717, 1.165) is 32.0 Å². The highest BCUT2D eigenvalue weighted by atomic mass is 16.5. The maximum atomic E-state index is 5.52. The van der Waals surface area contributed by atoms with Crippen molar-refractivity contribution in [2.45, 2.75) is 47.1 Å². The molecule has 0 aliphatic carbocycles. The van der Waals surface area contributed by atoms with Gasteiger partial charge in [0, 0.05) is 20.2 Å². The van der Waals surface area contributed by atoms with Crippen LogP contribution in [0.4, 0.5) is 0 Å². The first kappa shape index (κ1) is 17.0. The zero-order valence-corrected chi connectivity index (χ0v) is 12.8. The van der Waals surface area contributed by atoms with E-state index in [9.17, 15) is 0 Å². The van der Waals surface area contributed by atoms with Crippen LogP contribution in [-0.2, 0) is 4.74 Å². The van der Waals surface area contributed by atoms with Gasteiger partial charge in [0.25, 0.3) is 0 Å². The van der Waals surface area contributed by atoms with Gasteiger partial charge in [-0.15, -0.1) is 0 Å². The van der Waals surface area contributed by atoms with Gasteiger partial charge < -0.3 is 15.0 Å². The van der Waals surface area contributed by atoms with E-state index in [-0.39, 0.29) is 0 Å². The number of hydrogen-bond acceptors (Lipinski definition) is 3. The first-order valence-corrected chi connectivity index (χ1v) is 6.83. The lowest BCUT2D eigenvalue weighted by Gasteiger charge is -2.33. The molecular formula is C14H29N3O. The predicted octanol–water partition coefficient (Wildman–Crippen LogP) is 2.62. The molecule has 0 saturated carbocycles. The minimum Gasteiger partial charge on any atom is -0.380 e. The van der Waals surface area contributed by atoms with Crippen LogP contribution in [0.15, 0.2) is 16.4 Å². The molecule has 0 fully saturated rings. The van der Waals surface area contributed by atoms with Crippen LogP contribution in [0.25, 0.3) is 0 Å². The van der Waals surface area contributed by atoms with Gasteiger partial charge in [-0.3, -0.25) is 4.99 Å². The topological polar surface area (TPSA) is 36.9 Å². The third-order valence-electron chi connectivity index (χ3n) is 2.99. The van der Waals surface area contributed by atoms with Crippen molar-refractivity contribution in [3.63, 3.8) is 0 Å². The molecular weight excluding hydrogens is 226 g/mol. The van der Waals surface area contributed by atoms with Gasteiger partial charge in [-0.25, -0.2) is 0 Å². The lowest BCUT2D eigenvalue weighted by atomic mass is 10.2. The summed E-state index contributed by atoms with van der Waals surface area (Å²) < 4.78 is 5.52. The molecule has 0 saturated heterocycles. The fourth-order valence-electron chi connectivity index (χ4n) is 1.81. The van der Waals surface area contributed by atoms with E-state index in [1.165, 1.54) is 5.57 Å². The summed E-state index contributed by atoms with van der Waals surface area (Å²) in [6, 6.07) is 0.351. The number of nitrogens with one attached hydrogen (secondary N) is 1. The highest BCUT2D eigenvalue weighted by Gasteiger charge is 2.16. The van der Waals surface area contributed by atoms with Crippen molar-refractivity contribution in [2.75, 3.05) is 26.8 Å². The quantitative estimate of drug-likeness (QED) is 0.508. The summed E-state index contributed by atoms with van der Waals surface area (Å²) in [5, 5.41) is 3.29. The molecule has 18 heavy (non-hydrogen) atoms. The summed E-state index contributed by atoms with van der Waals surface area (Å²) in [6.07, 6.45) is 2.77. The summed E-state index contributed by atoms with van der Waals surface area (Å²) in [4.78, 5) is 6.33. The Balaban J connectivity index is 4.91. The highest BCUT2D eigenvalue weighted by molar-refractivity contribution is 5.57. The van der Waals surface area contributed by atoms with Crippen LogP contribution in [0.1, 0.15) is 41.0 Å². The number of likely N-dealkylation sites (N-methyl/N-ethyl adjacent to an activating group) is 1. The molecule has 0 spiro atoms. The number of rotatable bonds is 9. The molecule has 0 heterocycles. The van der Waals surface area contributed by atoms with Gasteiger partial charge in [-0.1, -0.05) is 6.92 Å². The molecule has 0 aliphatic heterocycles. The molecule has 4 nitrogen and oxygen atoms in total. The van der Waals surface area contributed by atoms with Crippen molar-refractivity contribution >= 4 is 6.34 Å². The lowest BCUT2D eigenvalue weighted by Crippen LogP contribution is -2.41. The molecule has 0 rings (SSSR count). The van der Waals surface area contributed by atoms with Crippen molar-refractivity contribution in [1.82, 2.24) is 10.2 Å². The Morgan fingerprint density at radius 1 is 1.39 bits per heavy atom. The third kappa shape index (κ3) is 5.54. The smallest absolute Gasteiger partial charge is 0.106 e. The van der Waals surface area contributed by atoms with Crippen molar-refractivity contribution in [2.24, 2.45) is 4.99 Å². The van der Waals surface area contributed by atoms with Crippen molar-refractivity contribution in [3.8, 4) is 0 Å². The van der Waals surface area contributed by atoms with Crippen molar-refractivity contribution in [1.29, 1.82) is 0 Å². The number of aliphatic imine (C=N–C) groups is 1. The van der Waals surface area contributed by atoms with Crippen LogP contribution >= 0.6 is 0 Å². The molecule has 1 N–H and O–H groups in total. The first-order valence-electron chi connectivity index (χ1n) is 6.83. The number of allylic oxidation sites excluding steroid dienone is 1. The largest absolute Gasteiger partial charge is 0.380 e. The fraction of sp³-hybridized carbons (Fsp3) is 0.786. The summed E-state index contributed by atoms with van der Waals surface area (Å²) in [6.45, 7) is 13.2. The van der Waals surface area contributed by atoms with Crippen LogP contribution in [0.2, 0.25) is 0 Å². The highest BCUT2D eigenvalue weighted by Crippen LogP contribution is 2.14. The van der Waals surface area contributed by atoms with E-state index in [1.807, 2.05) is 6.92 Å². The molecule has 106 valence electrons. The second-order valence-electron chi connectivity index (χ2n) is 4.31. The Hall–Kier alpha value is -1.03. The average molecular weight is 255 g/mol. The molecule has 0 aromatic heterocycles. The lowest BCUT2D eigenvalue weighted by molar-refractivity contribution is 0.0879. The summed E-state index contributed by atoms with van der Waals surface area (Å²) in [7, 11) is 1.77. The molecule has 0 radical (unpaired) electrons. The molecule has 1 atom stereocenters. The van der Waals surface area contributed by atoms with Crippen LogP contribution in [-0.4, -0.2) is 44.1 Å². The van der Waals surface area contributed by atoms with E-state index in [1.54, 1.807) is 13.4 Å². The summed E-state index contributed by atoms with van der Waals surface area (Å²) in [5.41, 5.74) is 1.33. The van der Waals surface area contributed by atoms with E-state index < -0.39 is 0 Å². The normalized spacial score (nSPS) is 14.6. The standard InChI is InChI=1S/C14H29N3O/c1-7-12(4)14(16-11-15-6)17(8-2)13(5)10-18-9-3/h11,13H,7-10H2,1-6H3,(H,15,16)/b14-12+/t13-/m0/s1. The number of ether oxygens (including phenoxy) is 1. The second kappa shape index (κ2) is 9.95. The van der Waals surface area contributed by atoms with Gasteiger partial charge >= 0.3 is 0 Å². The Bertz CT molecular complexity index is 274. The van der Waals surface area contributed by atoms with Crippen LogP contribution in [0, 0.1) is 0 Å². The summed E-state index contributed by atoms with van der Waals surface area (Å²) in [5.74, 6) is 1.15. The monoisotopic (exact) mass is 255 g/mol. The van der Waals surface area contributed by atoms with Gasteiger partial charge in [0.1, 0.15) is 5.82 Å². The Morgan fingerprint density at radius 3 is 2.50 bits per heavy atom. The van der Waals surface area contributed by atoms with Crippen LogP contribution in [0.3, 0.4) is 0 Å². The van der Waals surface area contributed by atoms with Gasteiger partial charge in [0.15, 0.2) is 0 Å². The fourth-order valence-corrected chi connectivity index (χ4v) is 1.81. The zero-order chi connectivity index (χ0) is 14.0. The van der Waals surface area contributed by atoms with E-state index in [4.69, 9.17) is 4.74 Å². The zero-order valence-electron chi connectivity index (χ0n) is 12.8. The third-order valence-corrected chi connectivity index (χ3v) is 2.99. The number of hydrogen-bond donors (Lipinski definition) is 1. The van der Waals surface area contributed by atoms with Gasteiger partial charge in [0.2, 0.25) is 0 Å². The van der Waals surface area contributed by atoms with Gasteiger partial charge in [0.05, 0.1) is 19.0 Å². The molecule has 4 heteroatoms. The second-order valence-corrected chi connectivity index (χ2v) is 4.31.